The minimum absolute atomic E-state index is 0.0136. The van der Waals surface area contributed by atoms with Gasteiger partial charge in [0, 0.05) is 63.6 Å². The van der Waals surface area contributed by atoms with Crippen LogP contribution in [0.2, 0.25) is 0 Å². The summed E-state index contributed by atoms with van der Waals surface area (Å²) in [6.45, 7) is 6.59. The molecule has 26 heavy (non-hydrogen) atoms. The largest absolute Gasteiger partial charge is 0.348 e. The molecule has 0 N–H and O–H groups in total. The van der Waals surface area contributed by atoms with Crippen LogP contribution in [-0.4, -0.2) is 96.1 Å². The van der Waals surface area contributed by atoms with E-state index in [0.29, 0.717) is 19.1 Å². The number of nitrogens with zero attached hydrogens (tertiary/aromatic N) is 5. The second-order valence-corrected chi connectivity index (χ2v) is 10.0. The van der Waals surface area contributed by atoms with Crippen LogP contribution in [0, 0.1) is 0 Å². The van der Waals surface area contributed by atoms with Gasteiger partial charge < -0.3 is 4.90 Å². The van der Waals surface area contributed by atoms with E-state index in [1.165, 1.54) is 0 Å². The maximum Gasteiger partial charge on any atom is 0.236 e. The lowest BCUT2D eigenvalue weighted by Crippen LogP contribution is -2.60. The Morgan fingerprint density at radius 1 is 1.23 bits per heavy atom. The molecule has 2 fully saturated rings. The Bertz CT molecular complexity index is 758. The molecule has 0 unspecified atom stereocenters. The monoisotopic (exact) mass is 383 g/mol. The highest BCUT2D eigenvalue weighted by atomic mass is 32.2. The van der Waals surface area contributed by atoms with Gasteiger partial charge in [-0.15, -0.1) is 0 Å². The summed E-state index contributed by atoms with van der Waals surface area (Å²) in [6.07, 6.45) is 3.89. The normalized spacial score (nSPS) is 26.2. The summed E-state index contributed by atoms with van der Waals surface area (Å²) < 4.78 is 26.5. The van der Waals surface area contributed by atoms with E-state index in [4.69, 9.17) is 0 Å². The van der Waals surface area contributed by atoms with Gasteiger partial charge in [0.25, 0.3) is 0 Å². The first-order valence-corrected chi connectivity index (χ1v) is 10.9. The molecule has 2 saturated heterocycles. The van der Waals surface area contributed by atoms with Crippen molar-refractivity contribution in [2.45, 2.75) is 38.5 Å². The van der Waals surface area contributed by atoms with E-state index in [1.54, 1.807) is 19.0 Å². The summed E-state index contributed by atoms with van der Waals surface area (Å²) in [5.41, 5.74) is 1.10. The molecule has 1 amide bonds. The van der Waals surface area contributed by atoms with Crippen molar-refractivity contribution in [3.8, 4) is 0 Å². The number of likely N-dealkylation sites (N-methyl/N-ethyl adjacent to an activating group) is 1. The molecule has 0 spiro atoms. The second kappa shape index (κ2) is 7.28. The molecule has 0 radical (unpaired) electrons. The zero-order chi connectivity index (χ0) is 19.1. The minimum atomic E-state index is -3.08. The first-order valence-electron chi connectivity index (χ1n) is 9.08. The third kappa shape index (κ3) is 4.10. The van der Waals surface area contributed by atoms with Crippen LogP contribution in [0.25, 0.3) is 0 Å². The topological polar surface area (TPSA) is 78.8 Å². The molecule has 2 aliphatic rings. The number of fused-ring (bicyclic) bond motifs is 1. The quantitative estimate of drug-likeness (QED) is 0.703. The first-order chi connectivity index (χ1) is 12.2. The van der Waals surface area contributed by atoms with Crippen molar-refractivity contribution in [3.05, 3.63) is 18.0 Å². The van der Waals surface area contributed by atoms with E-state index in [0.717, 1.165) is 12.1 Å². The van der Waals surface area contributed by atoms with Crippen LogP contribution in [-0.2, 0) is 21.2 Å². The number of hydrogen-bond acceptors (Lipinski definition) is 6. The molecule has 2 atom stereocenters. The number of hydrogen-bond donors (Lipinski definition) is 0. The molecule has 2 aliphatic heterocycles. The van der Waals surface area contributed by atoms with E-state index in [2.05, 4.69) is 23.8 Å². The van der Waals surface area contributed by atoms with Gasteiger partial charge in [-0.3, -0.25) is 19.3 Å². The molecular weight excluding hydrogens is 354 g/mol. The molecule has 0 aliphatic carbocycles. The average molecular weight is 384 g/mol. The first kappa shape index (κ1) is 19.3. The summed E-state index contributed by atoms with van der Waals surface area (Å²) in [4.78, 5) is 18.0. The van der Waals surface area contributed by atoms with E-state index < -0.39 is 9.84 Å². The molecule has 0 saturated carbocycles. The van der Waals surface area contributed by atoms with Crippen molar-refractivity contribution in [2.24, 2.45) is 0 Å². The molecule has 1 aromatic rings. The Hall–Kier alpha value is -1.45. The van der Waals surface area contributed by atoms with Crippen molar-refractivity contribution in [3.63, 3.8) is 0 Å². The SMILES string of the molecule is CC(C)n1cc(CN2CCN(CC(=O)N(C)C)[C@H]3CS(=O)(=O)C[C@H]32)cn1. The highest BCUT2D eigenvalue weighted by Crippen LogP contribution is 2.28. The van der Waals surface area contributed by atoms with E-state index in [-0.39, 0.29) is 36.0 Å². The van der Waals surface area contributed by atoms with E-state index >= 15 is 0 Å². The van der Waals surface area contributed by atoms with Crippen LogP contribution >= 0.6 is 0 Å². The standard InChI is InChI=1S/C17H29N5O3S/c1-13(2)22-9-14(7-18-22)8-20-5-6-21(10-17(23)19(3)4)16-12-26(24,25)11-15(16)20/h7,9,13,15-16H,5-6,8,10-12H2,1-4H3/t15-,16+/m1/s1. The summed E-state index contributed by atoms with van der Waals surface area (Å²) in [7, 11) is 0.380. The van der Waals surface area contributed by atoms with Crippen molar-refractivity contribution >= 4 is 15.7 Å². The van der Waals surface area contributed by atoms with Crippen LogP contribution in [0.5, 0.6) is 0 Å². The van der Waals surface area contributed by atoms with Crippen LogP contribution in [0.1, 0.15) is 25.5 Å². The average Bonchev–Trinajstić information content (AvgIpc) is 3.13. The number of carbonyl (C=O) groups excluding carboxylic acids is 1. The minimum Gasteiger partial charge on any atom is -0.348 e. The van der Waals surface area contributed by atoms with Crippen LogP contribution in [0.3, 0.4) is 0 Å². The van der Waals surface area contributed by atoms with Gasteiger partial charge in [0.2, 0.25) is 5.91 Å². The van der Waals surface area contributed by atoms with Gasteiger partial charge in [-0.1, -0.05) is 0 Å². The lowest BCUT2D eigenvalue weighted by atomic mass is 10.0. The lowest BCUT2D eigenvalue weighted by molar-refractivity contribution is -0.131. The fourth-order valence-corrected chi connectivity index (χ4v) is 5.82. The number of aromatic nitrogens is 2. The second-order valence-electron chi connectivity index (χ2n) is 7.86. The maximum absolute atomic E-state index is 12.3. The third-order valence-corrected chi connectivity index (χ3v) is 7.01. The van der Waals surface area contributed by atoms with Gasteiger partial charge >= 0.3 is 0 Å². The van der Waals surface area contributed by atoms with Crippen molar-refractivity contribution in [1.29, 1.82) is 0 Å². The molecule has 9 heteroatoms. The fraction of sp³-hybridized carbons (Fsp3) is 0.765. The summed E-state index contributed by atoms with van der Waals surface area (Å²) in [5.74, 6) is 0.322. The van der Waals surface area contributed by atoms with E-state index in [9.17, 15) is 13.2 Å². The van der Waals surface area contributed by atoms with Gasteiger partial charge in [0.15, 0.2) is 9.84 Å². The number of piperazine rings is 1. The van der Waals surface area contributed by atoms with Crippen LogP contribution < -0.4 is 0 Å². The van der Waals surface area contributed by atoms with Gasteiger partial charge in [-0.2, -0.15) is 5.10 Å². The molecular formula is C17H29N5O3S. The highest BCUT2D eigenvalue weighted by molar-refractivity contribution is 7.91. The summed E-state index contributed by atoms with van der Waals surface area (Å²) in [6, 6.07) is 0.126. The van der Waals surface area contributed by atoms with Gasteiger partial charge in [0.05, 0.1) is 24.2 Å². The Labute approximate surface area is 155 Å². The lowest BCUT2D eigenvalue weighted by Gasteiger charge is -2.43. The molecule has 1 aromatic heterocycles. The number of carbonyl (C=O) groups is 1. The number of rotatable bonds is 5. The van der Waals surface area contributed by atoms with E-state index in [1.807, 2.05) is 22.0 Å². The Morgan fingerprint density at radius 2 is 1.85 bits per heavy atom. The molecule has 0 bridgehead atoms. The molecule has 146 valence electrons. The predicted molar refractivity (Wildman–Crippen MR) is 99.5 cm³/mol. The summed E-state index contributed by atoms with van der Waals surface area (Å²) >= 11 is 0. The van der Waals surface area contributed by atoms with Gasteiger partial charge in [0.1, 0.15) is 0 Å². The van der Waals surface area contributed by atoms with Gasteiger partial charge in [-0.05, 0) is 13.8 Å². The molecule has 8 nitrogen and oxygen atoms in total. The Balaban J connectivity index is 1.74. The fourth-order valence-electron chi connectivity index (χ4n) is 3.78. The smallest absolute Gasteiger partial charge is 0.236 e. The van der Waals surface area contributed by atoms with Crippen molar-refractivity contribution in [1.82, 2.24) is 24.5 Å². The molecule has 3 rings (SSSR count). The Kier molecular flexibility index (Phi) is 5.41. The van der Waals surface area contributed by atoms with Crippen molar-refractivity contribution in [2.75, 3.05) is 45.2 Å². The third-order valence-electron chi connectivity index (χ3n) is 5.31. The zero-order valence-electron chi connectivity index (χ0n) is 16.0. The predicted octanol–water partition coefficient (Wildman–Crippen LogP) is -0.165. The maximum atomic E-state index is 12.3. The van der Waals surface area contributed by atoms with Crippen LogP contribution in [0.15, 0.2) is 12.4 Å². The van der Waals surface area contributed by atoms with Crippen molar-refractivity contribution < 1.29 is 13.2 Å². The highest BCUT2D eigenvalue weighted by Gasteiger charge is 2.46. The number of amides is 1. The zero-order valence-corrected chi connectivity index (χ0v) is 16.8. The summed E-state index contributed by atoms with van der Waals surface area (Å²) in [5, 5.41) is 4.38. The Morgan fingerprint density at radius 3 is 2.42 bits per heavy atom. The molecule has 3 heterocycles. The van der Waals surface area contributed by atoms with Crippen LogP contribution in [0.4, 0.5) is 0 Å². The number of sulfone groups is 1. The molecule has 0 aromatic carbocycles. The van der Waals surface area contributed by atoms with Gasteiger partial charge in [-0.25, -0.2) is 8.42 Å².